The molecule has 0 amide bonds. The van der Waals surface area contributed by atoms with Crippen LogP contribution in [0, 0.1) is 0 Å². The third kappa shape index (κ3) is 1.37. The Balaban J connectivity index is 2.73. The monoisotopic (exact) mass is 199 g/mol. The standard InChI is InChI=1S/C6H8F3NO3/c7-6(8,9)5(13)1-4(10,2-5)3(11)12/h13H,1-2,10H2,(H,11,12). The van der Waals surface area contributed by atoms with Crippen LogP contribution in [0.1, 0.15) is 12.8 Å². The minimum absolute atomic E-state index is 0.987. The van der Waals surface area contributed by atoms with Gasteiger partial charge in [0.1, 0.15) is 5.54 Å². The first-order chi connectivity index (χ1) is 5.61. The number of carbonyl (C=O) groups is 1. The van der Waals surface area contributed by atoms with Crippen molar-refractivity contribution < 1.29 is 28.2 Å². The number of aliphatic hydroxyl groups is 1. The quantitative estimate of drug-likeness (QED) is 0.548. The first-order valence-electron chi connectivity index (χ1n) is 3.42. The van der Waals surface area contributed by atoms with Crippen LogP contribution in [0.5, 0.6) is 0 Å². The molecule has 1 fully saturated rings. The van der Waals surface area contributed by atoms with Crippen LogP contribution in [0.15, 0.2) is 0 Å². The molecule has 0 aromatic heterocycles. The van der Waals surface area contributed by atoms with Gasteiger partial charge in [-0.05, 0) is 0 Å². The third-order valence-electron chi connectivity index (χ3n) is 2.17. The van der Waals surface area contributed by atoms with E-state index in [1.807, 2.05) is 0 Å². The number of hydrogen-bond acceptors (Lipinski definition) is 3. The molecule has 1 aliphatic rings. The van der Waals surface area contributed by atoms with Crippen LogP contribution in [0.3, 0.4) is 0 Å². The van der Waals surface area contributed by atoms with Crippen LogP contribution >= 0.6 is 0 Å². The number of alkyl halides is 3. The Kier molecular flexibility index (Phi) is 1.86. The molecule has 0 radical (unpaired) electrons. The van der Waals surface area contributed by atoms with Gasteiger partial charge < -0.3 is 15.9 Å². The molecule has 4 nitrogen and oxygen atoms in total. The van der Waals surface area contributed by atoms with E-state index in [1.54, 1.807) is 0 Å². The van der Waals surface area contributed by atoms with Crippen molar-refractivity contribution in [2.45, 2.75) is 30.2 Å². The molecule has 0 aliphatic heterocycles. The number of carboxylic acids is 1. The maximum absolute atomic E-state index is 12.0. The summed E-state index contributed by atoms with van der Waals surface area (Å²) >= 11 is 0. The molecule has 1 rings (SSSR count). The van der Waals surface area contributed by atoms with Gasteiger partial charge in [-0.3, -0.25) is 4.79 Å². The highest BCUT2D eigenvalue weighted by Crippen LogP contribution is 2.49. The van der Waals surface area contributed by atoms with Crippen LogP contribution in [0.2, 0.25) is 0 Å². The summed E-state index contributed by atoms with van der Waals surface area (Å²) in [6.45, 7) is 0. The maximum atomic E-state index is 12.0. The van der Waals surface area contributed by atoms with Gasteiger partial charge in [-0.25, -0.2) is 0 Å². The molecule has 76 valence electrons. The van der Waals surface area contributed by atoms with Gasteiger partial charge in [-0.15, -0.1) is 0 Å². The van der Waals surface area contributed by atoms with Gasteiger partial charge in [0.15, 0.2) is 5.60 Å². The first-order valence-corrected chi connectivity index (χ1v) is 3.42. The maximum Gasteiger partial charge on any atom is 0.417 e. The number of aliphatic carboxylic acids is 1. The Bertz CT molecular complexity index is 244. The van der Waals surface area contributed by atoms with Gasteiger partial charge in [0, 0.05) is 12.8 Å². The molecule has 1 aliphatic carbocycles. The predicted octanol–water partition coefficient (Wildman–Crippen LogP) is -0.144. The van der Waals surface area contributed by atoms with E-state index >= 15 is 0 Å². The zero-order valence-corrected chi connectivity index (χ0v) is 6.43. The van der Waals surface area contributed by atoms with E-state index in [0.717, 1.165) is 0 Å². The Labute approximate surface area is 71.1 Å². The van der Waals surface area contributed by atoms with Crippen LogP contribution in [0.25, 0.3) is 0 Å². The molecular weight excluding hydrogens is 191 g/mol. The summed E-state index contributed by atoms with van der Waals surface area (Å²) in [4.78, 5) is 10.3. The van der Waals surface area contributed by atoms with Crippen molar-refractivity contribution in [2.75, 3.05) is 0 Å². The van der Waals surface area contributed by atoms with Gasteiger partial charge in [0.2, 0.25) is 0 Å². The molecule has 0 bridgehead atoms. The lowest BCUT2D eigenvalue weighted by atomic mass is 9.65. The average Bonchev–Trinajstić information content (AvgIpc) is 1.81. The first kappa shape index (κ1) is 10.3. The fourth-order valence-electron chi connectivity index (χ4n) is 1.34. The Morgan fingerprint density at radius 1 is 1.38 bits per heavy atom. The van der Waals surface area contributed by atoms with Crippen molar-refractivity contribution in [3.05, 3.63) is 0 Å². The van der Waals surface area contributed by atoms with Crippen molar-refractivity contribution in [2.24, 2.45) is 5.73 Å². The highest BCUT2D eigenvalue weighted by molar-refractivity contribution is 5.80. The zero-order chi connectivity index (χ0) is 10.5. The van der Waals surface area contributed by atoms with E-state index < -0.39 is 36.1 Å². The van der Waals surface area contributed by atoms with Crippen molar-refractivity contribution in [1.29, 1.82) is 0 Å². The minimum atomic E-state index is -4.81. The lowest BCUT2D eigenvalue weighted by Crippen LogP contribution is -2.71. The normalized spacial score (nSPS) is 39.8. The van der Waals surface area contributed by atoms with Gasteiger partial charge in [0.25, 0.3) is 0 Å². The molecular formula is C6H8F3NO3. The number of hydrogen-bond donors (Lipinski definition) is 3. The van der Waals surface area contributed by atoms with E-state index in [9.17, 15) is 18.0 Å². The van der Waals surface area contributed by atoms with Crippen molar-refractivity contribution >= 4 is 5.97 Å². The highest BCUT2D eigenvalue weighted by atomic mass is 19.4. The second kappa shape index (κ2) is 2.36. The Hall–Kier alpha value is -0.820. The second-order valence-corrected chi connectivity index (χ2v) is 3.34. The summed E-state index contributed by atoms with van der Waals surface area (Å²) in [6.07, 6.45) is -6.79. The molecule has 0 spiro atoms. The minimum Gasteiger partial charge on any atom is -0.480 e. The van der Waals surface area contributed by atoms with E-state index in [1.165, 1.54) is 0 Å². The van der Waals surface area contributed by atoms with Crippen molar-refractivity contribution in [3.63, 3.8) is 0 Å². The number of rotatable bonds is 1. The largest absolute Gasteiger partial charge is 0.480 e. The van der Waals surface area contributed by atoms with Crippen LogP contribution in [-0.2, 0) is 4.79 Å². The van der Waals surface area contributed by atoms with Crippen LogP contribution in [-0.4, -0.2) is 33.5 Å². The van der Waals surface area contributed by atoms with Crippen molar-refractivity contribution in [3.8, 4) is 0 Å². The zero-order valence-electron chi connectivity index (χ0n) is 6.43. The summed E-state index contributed by atoms with van der Waals surface area (Å²) in [5.41, 5.74) is 0.188. The fraction of sp³-hybridized carbons (Fsp3) is 0.833. The topological polar surface area (TPSA) is 83.6 Å². The summed E-state index contributed by atoms with van der Waals surface area (Å²) in [6, 6.07) is 0. The Morgan fingerprint density at radius 2 is 1.77 bits per heavy atom. The lowest BCUT2D eigenvalue weighted by molar-refractivity contribution is -0.300. The number of halogens is 3. The molecule has 1 saturated carbocycles. The van der Waals surface area contributed by atoms with Gasteiger partial charge in [-0.2, -0.15) is 13.2 Å². The van der Waals surface area contributed by atoms with Gasteiger partial charge >= 0.3 is 12.1 Å². The molecule has 0 saturated heterocycles. The number of nitrogens with two attached hydrogens (primary N) is 1. The highest BCUT2D eigenvalue weighted by Gasteiger charge is 2.68. The molecule has 0 aromatic carbocycles. The van der Waals surface area contributed by atoms with E-state index in [4.69, 9.17) is 15.9 Å². The van der Waals surface area contributed by atoms with Crippen molar-refractivity contribution in [1.82, 2.24) is 0 Å². The summed E-state index contributed by atoms with van der Waals surface area (Å²) < 4.78 is 36.0. The average molecular weight is 199 g/mol. The van der Waals surface area contributed by atoms with Crippen LogP contribution < -0.4 is 5.73 Å². The third-order valence-corrected chi connectivity index (χ3v) is 2.17. The van der Waals surface area contributed by atoms with Gasteiger partial charge in [-0.1, -0.05) is 0 Å². The molecule has 13 heavy (non-hydrogen) atoms. The number of carboxylic acid groups (broad SMARTS) is 1. The molecule has 0 atom stereocenters. The predicted molar refractivity (Wildman–Crippen MR) is 34.8 cm³/mol. The molecule has 0 unspecified atom stereocenters. The summed E-state index contributed by atoms with van der Waals surface area (Å²) in [7, 11) is 0. The second-order valence-electron chi connectivity index (χ2n) is 3.34. The van der Waals surface area contributed by atoms with E-state index in [-0.39, 0.29) is 0 Å². The van der Waals surface area contributed by atoms with Gasteiger partial charge in [0.05, 0.1) is 0 Å². The fourth-order valence-corrected chi connectivity index (χ4v) is 1.34. The molecule has 0 heterocycles. The van der Waals surface area contributed by atoms with E-state index in [0.29, 0.717) is 0 Å². The van der Waals surface area contributed by atoms with Crippen LogP contribution in [0.4, 0.5) is 13.2 Å². The molecule has 0 aromatic rings. The summed E-state index contributed by atoms with van der Waals surface area (Å²) in [5.74, 6) is -1.53. The smallest absolute Gasteiger partial charge is 0.417 e. The molecule has 4 N–H and O–H groups in total. The van der Waals surface area contributed by atoms with E-state index in [2.05, 4.69) is 0 Å². The Morgan fingerprint density at radius 3 is 2.00 bits per heavy atom. The SMILES string of the molecule is NC1(C(=O)O)CC(O)(C(F)(F)F)C1. The molecule has 7 heteroatoms. The lowest BCUT2D eigenvalue weighted by Gasteiger charge is -2.48. The summed E-state index contributed by atoms with van der Waals surface area (Å²) in [5, 5.41) is 17.2.